The van der Waals surface area contributed by atoms with Gasteiger partial charge in [0, 0.05) is 0 Å². The van der Waals surface area contributed by atoms with E-state index in [1.807, 2.05) is 24.3 Å². The summed E-state index contributed by atoms with van der Waals surface area (Å²) in [6.45, 7) is 0. The molecule has 308 valence electrons. The summed E-state index contributed by atoms with van der Waals surface area (Å²) in [5, 5.41) is 10.5. The molecule has 0 atom stereocenters. The second-order valence-electron chi connectivity index (χ2n) is 15.0. The molecule has 0 heterocycles. The Morgan fingerprint density at radius 3 is 0.562 bits per heavy atom. The Bertz CT molecular complexity index is 2620. The predicted molar refractivity (Wildman–Crippen MR) is 260 cm³/mol. The minimum Gasteiger partial charge on any atom is -1.00 e. The van der Waals surface area contributed by atoms with Crippen molar-refractivity contribution in [2.24, 2.45) is 0 Å². The van der Waals surface area contributed by atoms with Crippen molar-refractivity contribution in [3.05, 3.63) is 267 Å². The first-order valence-electron chi connectivity index (χ1n) is 20.6. The summed E-state index contributed by atoms with van der Waals surface area (Å²) in [4.78, 5) is 0. The molecule has 0 fully saturated rings. The summed E-state index contributed by atoms with van der Waals surface area (Å²) < 4.78 is 0. The minimum atomic E-state index is 0. The van der Waals surface area contributed by atoms with E-state index in [2.05, 4.69) is 243 Å². The van der Waals surface area contributed by atoms with Crippen LogP contribution in [0.4, 0.5) is 0 Å². The van der Waals surface area contributed by atoms with E-state index in [9.17, 15) is 0 Å². The van der Waals surface area contributed by atoms with Crippen LogP contribution in [-0.4, -0.2) is 0 Å². The van der Waals surface area contributed by atoms with Gasteiger partial charge in [0.1, 0.15) is 0 Å². The van der Waals surface area contributed by atoms with Crippen LogP contribution < -0.4 is 9.41 Å². The van der Waals surface area contributed by atoms with Gasteiger partial charge in [0.05, 0.1) is 0 Å². The van der Waals surface area contributed by atoms with Crippen LogP contribution in [0.2, 0.25) is 0 Å². The van der Waals surface area contributed by atoms with E-state index in [1.165, 1.54) is 87.6 Å². The molecule has 0 aliphatic rings. The van der Waals surface area contributed by atoms with Crippen molar-refractivity contribution in [3.63, 3.8) is 0 Å². The van der Waals surface area contributed by atoms with Gasteiger partial charge in [-0.15, -0.1) is 138 Å². The summed E-state index contributed by atoms with van der Waals surface area (Å²) in [6.07, 6.45) is 0. The molecular formula is C60H44F2Zr2-2. The summed E-state index contributed by atoms with van der Waals surface area (Å²) in [7, 11) is 0. The van der Waals surface area contributed by atoms with Crippen LogP contribution in [0.3, 0.4) is 0 Å². The Morgan fingerprint density at radius 2 is 0.375 bits per heavy atom. The molecule has 0 bridgehead atoms. The van der Waals surface area contributed by atoms with Gasteiger partial charge in [0.15, 0.2) is 0 Å². The molecule has 12 rings (SSSR count). The molecule has 0 amide bonds. The third-order valence-corrected chi connectivity index (χ3v) is 10.9. The second kappa shape index (κ2) is 24.0. The third kappa shape index (κ3) is 12.1. The molecular weight excluding hydrogens is 941 g/mol. The molecule has 12 aromatic rings. The fourth-order valence-corrected chi connectivity index (χ4v) is 7.79. The molecule has 0 aliphatic heterocycles. The third-order valence-electron chi connectivity index (χ3n) is 10.9. The van der Waals surface area contributed by atoms with E-state index < -0.39 is 0 Å². The first-order valence-corrected chi connectivity index (χ1v) is 20.6. The van der Waals surface area contributed by atoms with Gasteiger partial charge >= 0.3 is 52.4 Å². The molecule has 0 nitrogen and oxygen atoms in total. The van der Waals surface area contributed by atoms with Crippen molar-refractivity contribution in [1.82, 2.24) is 0 Å². The fraction of sp³-hybridized carbons (Fsp3) is 0. The maximum atomic E-state index is 2.24. The van der Waals surface area contributed by atoms with Gasteiger partial charge in [-0.1, -0.05) is 216 Å². The molecule has 0 aromatic heterocycles. The molecule has 0 N–H and O–H groups in total. The first kappa shape index (κ1) is 48.9. The minimum absolute atomic E-state index is 0. The molecule has 4 heteroatoms. The van der Waals surface area contributed by atoms with Crippen molar-refractivity contribution < 1.29 is 61.8 Å². The monoisotopic (exact) mass is 982 g/mol. The van der Waals surface area contributed by atoms with Gasteiger partial charge in [0.25, 0.3) is 0 Å². The van der Waals surface area contributed by atoms with E-state index >= 15 is 0 Å². The van der Waals surface area contributed by atoms with Crippen molar-refractivity contribution in [1.29, 1.82) is 0 Å². The Hall–Kier alpha value is -6.17. The van der Waals surface area contributed by atoms with Crippen molar-refractivity contribution >= 4 is 43.1 Å². The average Bonchev–Trinajstić information content (AvgIpc) is 4.15. The van der Waals surface area contributed by atoms with E-state index in [1.54, 1.807) is 0 Å². The smallest absolute Gasteiger partial charge is 1.00 e. The zero-order valence-corrected chi connectivity index (χ0v) is 40.1. The Kier molecular flexibility index (Phi) is 18.4. The van der Waals surface area contributed by atoms with Gasteiger partial charge in [-0.3, -0.25) is 0 Å². The van der Waals surface area contributed by atoms with Gasteiger partial charge in [-0.05, 0) is 0 Å². The van der Waals surface area contributed by atoms with Gasteiger partial charge in [0.2, 0.25) is 0 Å². The summed E-state index contributed by atoms with van der Waals surface area (Å²) >= 11 is 0. The topological polar surface area (TPSA) is 0 Å². The molecule has 12 aromatic carbocycles. The number of benzene rings is 8. The van der Waals surface area contributed by atoms with Crippen LogP contribution in [0.15, 0.2) is 267 Å². The van der Waals surface area contributed by atoms with E-state index in [-0.39, 0.29) is 61.8 Å². The Balaban J connectivity index is 0.000000157. The number of rotatable bonds is 4. The van der Waals surface area contributed by atoms with Gasteiger partial charge in [-0.2, -0.15) is 0 Å². The molecule has 0 unspecified atom stereocenters. The van der Waals surface area contributed by atoms with E-state index in [0.717, 1.165) is 0 Å². The normalized spacial score (nSPS) is 10.0. The molecule has 0 spiro atoms. The number of hydrogen-bond acceptors (Lipinski definition) is 0. The fourth-order valence-electron chi connectivity index (χ4n) is 7.79. The van der Waals surface area contributed by atoms with Gasteiger partial charge < -0.3 is 9.41 Å². The van der Waals surface area contributed by atoms with E-state index in [4.69, 9.17) is 0 Å². The maximum absolute atomic E-state index is 2.24. The molecule has 0 aliphatic carbocycles. The quantitative estimate of drug-likeness (QED) is 0.154. The first-order chi connectivity index (χ1) is 29.7. The number of hydrogen-bond donors (Lipinski definition) is 0. The standard InChI is InChI=1S/4C15H11.2FH.2Zr/c4*1-2-6-12(7-3-1)15-10-13-8-4-5-9-14(13)11-15;;;;/h4*1-11H;2*1H;;/q4*-1;;;2*+2/p-2. The molecule has 0 saturated heterocycles. The van der Waals surface area contributed by atoms with Crippen LogP contribution >= 0.6 is 0 Å². The molecule has 0 radical (unpaired) electrons. The van der Waals surface area contributed by atoms with Crippen LogP contribution in [0.1, 0.15) is 0 Å². The van der Waals surface area contributed by atoms with E-state index in [0.29, 0.717) is 0 Å². The van der Waals surface area contributed by atoms with Crippen LogP contribution in [0.25, 0.3) is 87.6 Å². The van der Waals surface area contributed by atoms with Gasteiger partial charge in [-0.25, -0.2) is 0 Å². The average molecular weight is 985 g/mol. The van der Waals surface area contributed by atoms with Crippen LogP contribution in [0.5, 0.6) is 0 Å². The zero-order valence-electron chi connectivity index (χ0n) is 35.2. The SMILES string of the molecule is [F-].[F-].[Zr+2].[Zr+2].c1ccc(-c2cc3ccccc3[cH-]2)cc1.c1ccc(-c2cc3ccccc3[cH-]2)cc1.c1ccc(-c2cc3ccccc3[cH-]2)cc1.c1ccc(-c2cc3ccccc3[cH-]2)cc1. The zero-order chi connectivity index (χ0) is 40.4. The predicted octanol–water partition coefficient (Wildman–Crippen LogP) is 10.9. The molecule has 0 saturated carbocycles. The summed E-state index contributed by atoms with van der Waals surface area (Å²) in [6, 6.07) is 93.8. The second-order valence-corrected chi connectivity index (χ2v) is 15.0. The Labute approximate surface area is 412 Å². The number of fused-ring (bicyclic) bond motifs is 4. The molecule has 64 heavy (non-hydrogen) atoms. The Morgan fingerprint density at radius 1 is 0.203 bits per heavy atom. The summed E-state index contributed by atoms with van der Waals surface area (Å²) in [5.41, 5.74) is 10.4. The largest absolute Gasteiger partial charge is 2.00 e. The summed E-state index contributed by atoms with van der Waals surface area (Å²) in [5.74, 6) is 0. The van der Waals surface area contributed by atoms with Crippen LogP contribution in [0, 0.1) is 0 Å². The number of halogens is 2. The van der Waals surface area contributed by atoms with Crippen molar-refractivity contribution in [2.45, 2.75) is 0 Å². The maximum Gasteiger partial charge on any atom is 2.00 e. The van der Waals surface area contributed by atoms with Crippen molar-refractivity contribution in [3.8, 4) is 44.5 Å². The van der Waals surface area contributed by atoms with Crippen molar-refractivity contribution in [2.75, 3.05) is 0 Å². The van der Waals surface area contributed by atoms with Crippen LogP contribution in [-0.2, 0) is 52.4 Å².